The van der Waals surface area contributed by atoms with Gasteiger partial charge in [0.2, 0.25) is 0 Å². The number of piperazine rings is 1. The molecule has 0 aliphatic carbocycles. The van der Waals surface area contributed by atoms with E-state index in [1.165, 1.54) is 15.4 Å². The first-order valence-electron chi connectivity index (χ1n) is 9.22. The molecule has 1 aromatic carbocycles. The lowest BCUT2D eigenvalue weighted by Crippen LogP contribution is -2.47. The molecule has 0 radical (unpaired) electrons. The molecular formula is C20H30N4O2S. The molecule has 4 N–H and O–H groups in total. The minimum absolute atomic E-state index is 0. The maximum Gasteiger partial charge on any atom is 0.139 e. The zero-order valence-electron chi connectivity index (χ0n) is 16.3. The standard InChI is InChI=1S/C17H20N4S.C3H8O.H2O/c1-12-11-13-16(21-9-7-20(2)8-10-21)18-14-5-3-4-6-15(14)19-17(13)22-12;1-2-3-4;/h3-6,11,19H,7-10H2,1-2H3;4H,2-3H2,1H3;1H2. The van der Waals surface area contributed by atoms with E-state index < -0.39 is 0 Å². The van der Waals surface area contributed by atoms with Gasteiger partial charge in [-0.15, -0.1) is 11.3 Å². The fraction of sp³-hybridized carbons (Fsp3) is 0.450. The maximum absolute atomic E-state index is 7.88. The summed E-state index contributed by atoms with van der Waals surface area (Å²) in [5, 5.41) is 12.7. The second kappa shape index (κ2) is 9.85. The molecule has 2 aliphatic rings. The van der Waals surface area contributed by atoms with Crippen LogP contribution in [0.2, 0.25) is 0 Å². The highest BCUT2D eigenvalue weighted by atomic mass is 32.1. The maximum atomic E-state index is 7.88. The molecule has 27 heavy (non-hydrogen) atoms. The summed E-state index contributed by atoms with van der Waals surface area (Å²) in [6.45, 7) is 8.66. The van der Waals surface area contributed by atoms with Crippen molar-refractivity contribution < 1.29 is 10.6 Å². The predicted octanol–water partition coefficient (Wildman–Crippen LogP) is 3.00. The first kappa shape index (κ1) is 21.4. The van der Waals surface area contributed by atoms with Crippen molar-refractivity contribution in [1.29, 1.82) is 0 Å². The molecule has 2 aliphatic heterocycles. The molecule has 4 rings (SSSR count). The minimum atomic E-state index is 0. The lowest BCUT2D eigenvalue weighted by molar-refractivity contribution is 0.216. The molecule has 1 saturated heterocycles. The highest BCUT2D eigenvalue weighted by Gasteiger charge is 2.25. The number of amidine groups is 1. The van der Waals surface area contributed by atoms with Crippen LogP contribution in [0.25, 0.3) is 0 Å². The third kappa shape index (κ3) is 5.07. The zero-order chi connectivity index (χ0) is 18.5. The van der Waals surface area contributed by atoms with Crippen LogP contribution in [0.4, 0.5) is 16.4 Å². The molecule has 0 unspecified atom stereocenters. The number of aliphatic hydroxyl groups excluding tert-OH is 1. The molecule has 148 valence electrons. The molecule has 0 bridgehead atoms. The quantitative estimate of drug-likeness (QED) is 0.784. The molecule has 6 nitrogen and oxygen atoms in total. The monoisotopic (exact) mass is 390 g/mol. The van der Waals surface area contributed by atoms with Gasteiger partial charge in [0.15, 0.2) is 0 Å². The van der Waals surface area contributed by atoms with E-state index in [0.717, 1.165) is 49.8 Å². The predicted molar refractivity (Wildman–Crippen MR) is 115 cm³/mol. The SMILES string of the molecule is CCCO.Cc1cc2c(s1)Nc1ccccc1N=C2N1CCN(C)CC1.O. The number of para-hydroxylation sites is 2. The molecule has 1 aromatic heterocycles. The third-order valence-corrected chi connectivity index (χ3v) is 5.47. The van der Waals surface area contributed by atoms with Gasteiger partial charge >= 0.3 is 0 Å². The third-order valence-electron chi connectivity index (χ3n) is 4.50. The van der Waals surface area contributed by atoms with Gasteiger partial charge in [-0.25, -0.2) is 4.99 Å². The molecular weight excluding hydrogens is 360 g/mol. The van der Waals surface area contributed by atoms with Crippen LogP contribution < -0.4 is 5.32 Å². The van der Waals surface area contributed by atoms with Gasteiger partial charge in [-0.2, -0.15) is 0 Å². The Bertz CT molecular complexity index is 765. The number of nitrogens with one attached hydrogen (secondary N) is 1. The molecule has 0 saturated carbocycles. The lowest BCUT2D eigenvalue weighted by atomic mass is 10.2. The summed E-state index contributed by atoms with van der Waals surface area (Å²) < 4.78 is 0. The van der Waals surface area contributed by atoms with Gasteiger partial charge in [0.1, 0.15) is 10.8 Å². The van der Waals surface area contributed by atoms with Crippen LogP contribution >= 0.6 is 11.3 Å². The largest absolute Gasteiger partial charge is 0.412 e. The Kier molecular flexibility index (Phi) is 7.79. The number of hydrogen-bond acceptors (Lipinski definition) is 6. The van der Waals surface area contributed by atoms with E-state index in [9.17, 15) is 0 Å². The second-order valence-electron chi connectivity index (χ2n) is 6.69. The molecule has 0 spiro atoms. The lowest BCUT2D eigenvalue weighted by Gasteiger charge is -2.34. The Hall–Kier alpha value is -1.93. The number of rotatable bonds is 1. The molecule has 0 amide bonds. The topological polar surface area (TPSA) is 82.6 Å². The van der Waals surface area contributed by atoms with E-state index >= 15 is 0 Å². The first-order valence-corrected chi connectivity index (χ1v) is 10.0. The van der Waals surface area contributed by atoms with Crippen LogP contribution in [-0.4, -0.2) is 66.1 Å². The molecule has 1 fully saturated rings. The normalized spacial score (nSPS) is 15.9. The molecule has 0 atom stereocenters. The van der Waals surface area contributed by atoms with E-state index in [2.05, 4.69) is 59.4 Å². The number of likely N-dealkylation sites (N-methyl/N-ethyl adjacent to an activating group) is 1. The number of thiophene rings is 1. The van der Waals surface area contributed by atoms with Crippen molar-refractivity contribution in [2.75, 3.05) is 45.2 Å². The number of aryl methyl sites for hydroxylation is 1. The summed E-state index contributed by atoms with van der Waals surface area (Å²) in [4.78, 5) is 11.1. The van der Waals surface area contributed by atoms with Gasteiger partial charge in [0.05, 0.1) is 16.9 Å². The number of nitrogens with zero attached hydrogens (tertiary/aromatic N) is 3. The highest BCUT2D eigenvalue weighted by Crippen LogP contribution is 2.39. The average Bonchev–Trinajstić information content (AvgIpc) is 2.94. The Morgan fingerprint density at radius 2 is 1.85 bits per heavy atom. The Morgan fingerprint density at radius 1 is 1.19 bits per heavy atom. The summed E-state index contributed by atoms with van der Waals surface area (Å²) in [6, 6.07) is 10.6. The second-order valence-corrected chi connectivity index (χ2v) is 7.95. The molecule has 3 heterocycles. The number of hydrogen-bond donors (Lipinski definition) is 2. The van der Waals surface area contributed by atoms with Crippen molar-refractivity contribution in [3.05, 3.63) is 40.8 Å². The van der Waals surface area contributed by atoms with E-state index in [1.807, 2.05) is 6.92 Å². The van der Waals surface area contributed by atoms with E-state index in [0.29, 0.717) is 6.61 Å². The van der Waals surface area contributed by atoms with Crippen molar-refractivity contribution in [2.24, 2.45) is 4.99 Å². The van der Waals surface area contributed by atoms with Crippen LogP contribution in [0.1, 0.15) is 23.8 Å². The molecule has 2 aromatic rings. The number of aliphatic hydroxyl groups is 1. The van der Waals surface area contributed by atoms with Crippen molar-refractivity contribution in [3.8, 4) is 0 Å². The Morgan fingerprint density at radius 3 is 2.52 bits per heavy atom. The van der Waals surface area contributed by atoms with Crippen LogP contribution in [0.3, 0.4) is 0 Å². The van der Waals surface area contributed by atoms with Crippen molar-refractivity contribution in [1.82, 2.24) is 9.80 Å². The summed E-state index contributed by atoms with van der Waals surface area (Å²) in [5.74, 6) is 1.12. The number of aliphatic imine (C=N–C) groups is 1. The number of benzene rings is 1. The Labute approximate surface area is 165 Å². The van der Waals surface area contributed by atoms with Crippen molar-refractivity contribution >= 4 is 33.5 Å². The van der Waals surface area contributed by atoms with Crippen molar-refractivity contribution in [2.45, 2.75) is 20.3 Å². The Balaban J connectivity index is 0.000000479. The van der Waals surface area contributed by atoms with Gasteiger partial charge < -0.3 is 25.7 Å². The number of fused-ring (bicyclic) bond motifs is 2. The zero-order valence-corrected chi connectivity index (χ0v) is 17.1. The smallest absolute Gasteiger partial charge is 0.139 e. The summed E-state index contributed by atoms with van der Waals surface area (Å²) in [6.07, 6.45) is 0.875. The van der Waals surface area contributed by atoms with Crippen molar-refractivity contribution in [3.63, 3.8) is 0 Å². The van der Waals surface area contributed by atoms with Gasteiger partial charge in [0.25, 0.3) is 0 Å². The highest BCUT2D eigenvalue weighted by molar-refractivity contribution is 7.16. The minimum Gasteiger partial charge on any atom is -0.412 e. The fourth-order valence-corrected chi connectivity index (χ4v) is 3.93. The van der Waals surface area contributed by atoms with Gasteiger partial charge in [-0.1, -0.05) is 19.1 Å². The van der Waals surface area contributed by atoms with Crippen LogP contribution in [0.15, 0.2) is 35.3 Å². The van der Waals surface area contributed by atoms with E-state index in [-0.39, 0.29) is 5.48 Å². The summed E-state index contributed by atoms with van der Waals surface area (Å²) in [7, 11) is 2.18. The summed E-state index contributed by atoms with van der Waals surface area (Å²) >= 11 is 1.81. The number of anilines is 2. The van der Waals surface area contributed by atoms with Crippen LogP contribution in [0, 0.1) is 6.92 Å². The average molecular weight is 391 g/mol. The fourth-order valence-electron chi connectivity index (χ4n) is 3.01. The van der Waals surface area contributed by atoms with Crippen LogP contribution in [-0.2, 0) is 0 Å². The van der Waals surface area contributed by atoms with E-state index in [4.69, 9.17) is 10.1 Å². The van der Waals surface area contributed by atoms with Crippen LogP contribution in [0.5, 0.6) is 0 Å². The van der Waals surface area contributed by atoms with E-state index in [1.54, 1.807) is 11.3 Å². The van der Waals surface area contributed by atoms with Gasteiger partial charge in [-0.3, -0.25) is 0 Å². The van der Waals surface area contributed by atoms with Gasteiger partial charge in [-0.05, 0) is 38.6 Å². The first-order chi connectivity index (χ1) is 12.6. The van der Waals surface area contributed by atoms with Gasteiger partial charge in [0, 0.05) is 37.7 Å². The summed E-state index contributed by atoms with van der Waals surface area (Å²) in [5.41, 5.74) is 3.36. The molecule has 7 heteroatoms.